The van der Waals surface area contributed by atoms with E-state index < -0.39 is 14.1 Å². The molecule has 0 amide bonds. The van der Waals surface area contributed by atoms with E-state index in [1.165, 1.54) is 0 Å². The number of rotatable bonds is 5. The van der Waals surface area contributed by atoms with E-state index in [4.69, 9.17) is 24.4 Å². The van der Waals surface area contributed by atoms with Gasteiger partial charge in [-0.1, -0.05) is 20.8 Å². The number of hydrogen-bond donors (Lipinski definition) is 1. The normalized spacial score (nSPS) is 34.9. The van der Waals surface area contributed by atoms with Crippen molar-refractivity contribution in [3.05, 3.63) is 0 Å². The Kier molecular flexibility index (Phi) is 5.13. The Morgan fingerprint density at radius 1 is 1.14 bits per heavy atom. The summed E-state index contributed by atoms with van der Waals surface area (Å²) in [6, 6.07) is -0.0157. The van der Waals surface area contributed by atoms with Crippen LogP contribution in [0.2, 0.25) is 18.1 Å². The standard InChI is InChI=1S/C16H33NO4Si/c1-15(2,3)22(6,7)19-9-8-18-12-10-11(17)13-14(12)21-16(4,5)20-13/h11-14H,8-10,17H2,1-7H3/t11-,12+,13+,14-/m1/s1. The first-order chi connectivity index (χ1) is 9.93. The molecule has 0 radical (unpaired) electrons. The topological polar surface area (TPSA) is 62.9 Å². The van der Waals surface area contributed by atoms with Crippen LogP contribution in [0, 0.1) is 0 Å². The Morgan fingerprint density at radius 3 is 2.32 bits per heavy atom. The molecule has 2 aliphatic rings. The highest BCUT2D eigenvalue weighted by molar-refractivity contribution is 6.74. The zero-order chi connectivity index (χ0) is 16.8. The van der Waals surface area contributed by atoms with Gasteiger partial charge in [0.05, 0.1) is 19.3 Å². The lowest BCUT2D eigenvalue weighted by Gasteiger charge is -2.36. The molecule has 6 heteroatoms. The first kappa shape index (κ1) is 18.4. The molecule has 22 heavy (non-hydrogen) atoms. The first-order valence-corrected chi connectivity index (χ1v) is 11.2. The highest BCUT2D eigenvalue weighted by Crippen LogP contribution is 2.39. The van der Waals surface area contributed by atoms with Crippen LogP contribution in [0.25, 0.3) is 0 Å². The van der Waals surface area contributed by atoms with Gasteiger partial charge in [-0.2, -0.15) is 0 Å². The zero-order valence-electron chi connectivity index (χ0n) is 15.1. The average molecular weight is 332 g/mol. The van der Waals surface area contributed by atoms with Crippen LogP contribution in [0.15, 0.2) is 0 Å². The van der Waals surface area contributed by atoms with Gasteiger partial charge in [0.25, 0.3) is 0 Å². The van der Waals surface area contributed by atoms with E-state index in [0.29, 0.717) is 13.2 Å². The largest absolute Gasteiger partial charge is 0.414 e. The summed E-state index contributed by atoms with van der Waals surface area (Å²) in [6.07, 6.45) is 0.676. The molecule has 0 spiro atoms. The van der Waals surface area contributed by atoms with Crippen LogP contribution in [0.3, 0.4) is 0 Å². The van der Waals surface area contributed by atoms with Crippen LogP contribution in [0.5, 0.6) is 0 Å². The fourth-order valence-corrected chi connectivity index (χ4v) is 3.87. The molecule has 2 N–H and O–H groups in total. The lowest BCUT2D eigenvalue weighted by atomic mass is 10.2. The second kappa shape index (κ2) is 6.15. The van der Waals surface area contributed by atoms with Crippen molar-refractivity contribution >= 4 is 8.32 Å². The summed E-state index contributed by atoms with van der Waals surface area (Å²) in [5, 5.41) is 0.222. The predicted molar refractivity (Wildman–Crippen MR) is 89.3 cm³/mol. The van der Waals surface area contributed by atoms with Gasteiger partial charge in [-0.3, -0.25) is 0 Å². The molecular formula is C16H33NO4Si. The number of hydrogen-bond acceptors (Lipinski definition) is 5. The van der Waals surface area contributed by atoms with Crippen molar-refractivity contribution in [2.75, 3.05) is 13.2 Å². The van der Waals surface area contributed by atoms with Gasteiger partial charge in [-0.05, 0) is 38.4 Å². The summed E-state index contributed by atoms with van der Waals surface area (Å²) in [6.45, 7) is 16.3. The molecule has 2 rings (SSSR count). The van der Waals surface area contributed by atoms with Gasteiger partial charge in [0, 0.05) is 6.04 Å². The van der Waals surface area contributed by atoms with Gasteiger partial charge in [-0.15, -0.1) is 0 Å². The molecule has 0 bridgehead atoms. The van der Waals surface area contributed by atoms with E-state index in [2.05, 4.69) is 33.9 Å². The third kappa shape index (κ3) is 3.91. The van der Waals surface area contributed by atoms with Crippen molar-refractivity contribution in [2.45, 2.75) is 89.3 Å². The highest BCUT2D eigenvalue weighted by atomic mass is 28.4. The second-order valence-electron chi connectivity index (χ2n) is 8.48. The molecule has 4 atom stereocenters. The highest BCUT2D eigenvalue weighted by Gasteiger charge is 2.53. The Hall–Kier alpha value is 0.0169. The third-order valence-corrected chi connectivity index (χ3v) is 9.68. The molecule has 0 aromatic heterocycles. The van der Waals surface area contributed by atoms with Gasteiger partial charge in [0.15, 0.2) is 14.1 Å². The van der Waals surface area contributed by atoms with Crippen LogP contribution < -0.4 is 5.73 Å². The van der Waals surface area contributed by atoms with Crippen molar-refractivity contribution in [1.29, 1.82) is 0 Å². The van der Waals surface area contributed by atoms with Crippen molar-refractivity contribution in [3.8, 4) is 0 Å². The van der Waals surface area contributed by atoms with Crippen LogP contribution in [0.1, 0.15) is 41.0 Å². The first-order valence-electron chi connectivity index (χ1n) is 8.30. The number of nitrogens with two attached hydrogens (primary N) is 1. The van der Waals surface area contributed by atoms with Crippen molar-refractivity contribution in [2.24, 2.45) is 5.73 Å². The zero-order valence-corrected chi connectivity index (χ0v) is 16.1. The van der Waals surface area contributed by atoms with Crippen molar-refractivity contribution in [1.82, 2.24) is 0 Å². The van der Waals surface area contributed by atoms with Gasteiger partial charge in [0.2, 0.25) is 0 Å². The van der Waals surface area contributed by atoms with Crippen LogP contribution in [0.4, 0.5) is 0 Å². The molecule has 1 saturated heterocycles. The van der Waals surface area contributed by atoms with Crippen LogP contribution >= 0.6 is 0 Å². The summed E-state index contributed by atoms with van der Waals surface area (Å²) >= 11 is 0. The minimum Gasteiger partial charge on any atom is -0.414 e. The Balaban J connectivity index is 1.79. The van der Waals surface area contributed by atoms with Gasteiger partial charge >= 0.3 is 0 Å². The van der Waals surface area contributed by atoms with Crippen molar-refractivity contribution < 1.29 is 18.6 Å². The lowest BCUT2D eigenvalue weighted by molar-refractivity contribution is -0.168. The minimum absolute atomic E-state index is 0.00444. The van der Waals surface area contributed by atoms with Gasteiger partial charge in [-0.25, -0.2) is 0 Å². The lowest BCUT2D eigenvalue weighted by Crippen LogP contribution is -2.42. The number of fused-ring (bicyclic) bond motifs is 1. The van der Waals surface area contributed by atoms with E-state index in [0.717, 1.165) is 6.42 Å². The summed E-state index contributed by atoms with van der Waals surface area (Å²) in [7, 11) is -1.71. The quantitative estimate of drug-likeness (QED) is 0.620. The fraction of sp³-hybridized carbons (Fsp3) is 1.00. The van der Waals surface area contributed by atoms with Gasteiger partial charge in [0.1, 0.15) is 12.2 Å². The fourth-order valence-electron chi connectivity index (χ4n) is 2.85. The molecule has 1 aliphatic carbocycles. The smallest absolute Gasteiger partial charge is 0.192 e. The average Bonchev–Trinajstić information content (AvgIpc) is 2.79. The molecule has 1 aliphatic heterocycles. The third-order valence-electron chi connectivity index (χ3n) is 5.14. The van der Waals surface area contributed by atoms with E-state index in [1.54, 1.807) is 0 Å². The Morgan fingerprint density at radius 2 is 1.73 bits per heavy atom. The molecule has 5 nitrogen and oxygen atoms in total. The monoisotopic (exact) mass is 331 g/mol. The molecule has 0 unspecified atom stereocenters. The summed E-state index contributed by atoms with van der Waals surface area (Å²) in [5.74, 6) is -0.563. The molecule has 130 valence electrons. The maximum Gasteiger partial charge on any atom is 0.192 e. The predicted octanol–water partition coefficient (Wildman–Crippen LogP) is 2.64. The molecule has 0 aromatic carbocycles. The second-order valence-corrected chi connectivity index (χ2v) is 13.3. The van der Waals surface area contributed by atoms with E-state index in [9.17, 15) is 0 Å². The maximum absolute atomic E-state index is 6.15. The molecule has 2 fully saturated rings. The minimum atomic E-state index is -1.71. The molecular weight excluding hydrogens is 298 g/mol. The van der Waals surface area contributed by atoms with Crippen LogP contribution in [-0.4, -0.2) is 51.7 Å². The van der Waals surface area contributed by atoms with Crippen LogP contribution in [-0.2, 0) is 18.6 Å². The molecule has 1 heterocycles. The SMILES string of the molecule is CC1(C)O[C@@H]2[C@H](O1)[C@@H](OCCO[Si](C)(C)C(C)(C)C)C[C@H]2N. The Bertz CT molecular complexity index is 394. The van der Waals surface area contributed by atoms with E-state index >= 15 is 0 Å². The summed E-state index contributed by atoms with van der Waals surface area (Å²) < 4.78 is 24.0. The Labute approximate surface area is 136 Å². The van der Waals surface area contributed by atoms with Gasteiger partial charge < -0.3 is 24.4 Å². The van der Waals surface area contributed by atoms with Crippen molar-refractivity contribution in [3.63, 3.8) is 0 Å². The number of ether oxygens (including phenoxy) is 3. The molecule has 1 saturated carbocycles. The van der Waals surface area contributed by atoms with E-state index in [-0.39, 0.29) is 29.4 Å². The summed E-state index contributed by atoms with van der Waals surface area (Å²) in [4.78, 5) is 0. The molecule has 0 aromatic rings. The van der Waals surface area contributed by atoms with E-state index in [1.807, 2.05) is 13.8 Å². The summed E-state index contributed by atoms with van der Waals surface area (Å²) in [5.41, 5.74) is 6.15. The maximum atomic E-state index is 6.15.